The molecule has 23 heavy (non-hydrogen) atoms. The Morgan fingerprint density at radius 2 is 1.74 bits per heavy atom. The number of carboxylic acids is 2. The topological polar surface area (TPSA) is 130 Å². The Bertz CT molecular complexity index is 816. The van der Waals surface area contributed by atoms with E-state index < -0.39 is 16.9 Å². The van der Waals surface area contributed by atoms with Crippen LogP contribution >= 0.6 is 0 Å². The van der Waals surface area contributed by atoms with Crippen molar-refractivity contribution >= 4 is 29.0 Å². The highest BCUT2D eigenvalue weighted by molar-refractivity contribution is 5.99. The van der Waals surface area contributed by atoms with E-state index in [1.54, 1.807) is 19.1 Å². The first-order valence-corrected chi connectivity index (χ1v) is 6.43. The van der Waals surface area contributed by atoms with Crippen LogP contribution in [0.3, 0.4) is 0 Å². The van der Waals surface area contributed by atoms with Crippen LogP contribution < -0.4 is 5.32 Å². The van der Waals surface area contributed by atoms with E-state index >= 15 is 0 Å². The minimum atomic E-state index is -1.28. The van der Waals surface area contributed by atoms with Gasteiger partial charge in [0.2, 0.25) is 0 Å². The first-order valence-electron chi connectivity index (χ1n) is 6.43. The second-order valence-corrected chi connectivity index (χ2v) is 4.72. The molecule has 0 fully saturated rings. The second kappa shape index (κ2) is 6.14. The Morgan fingerprint density at radius 1 is 1.09 bits per heavy atom. The van der Waals surface area contributed by atoms with E-state index in [0.29, 0.717) is 5.56 Å². The predicted molar refractivity (Wildman–Crippen MR) is 81.5 cm³/mol. The number of rotatable bonds is 5. The van der Waals surface area contributed by atoms with Crippen LogP contribution in [0.1, 0.15) is 26.3 Å². The Kier molecular flexibility index (Phi) is 4.26. The van der Waals surface area contributed by atoms with Crippen LogP contribution in [0, 0.1) is 17.0 Å². The molecule has 0 heterocycles. The summed E-state index contributed by atoms with van der Waals surface area (Å²) >= 11 is 0. The molecule has 118 valence electrons. The van der Waals surface area contributed by atoms with Crippen molar-refractivity contribution in [2.45, 2.75) is 6.92 Å². The molecule has 0 atom stereocenters. The number of nitro benzene ring substituents is 1. The molecule has 0 aliphatic heterocycles. The Labute approximate surface area is 130 Å². The van der Waals surface area contributed by atoms with Crippen LogP contribution in [0.25, 0.3) is 0 Å². The van der Waals surface area contributed by atoms with Gasteiger partial charge in [-0.15, -0.1) is 0 Å². The van der Waals surface area contributed by atoms with Crippen LogP contribution in [0.4, 0.5) is 17.1 Å². The average molecular weight is 316 g/mol. The van der Waals surface area contributed by atoms with Gasteiger partial charge >= 0.3 is 11.9 Å². The number of nitro groups is 1. The van der Waals surface area contributed by atoms with Crippen molar-refractivity contribution in [3.05, 3.63) is 63.2 Å². The van der Waals surface area contributed by atoms with Gasteiger partial charge in [0.05, 0.1) is 27.4 Å². The van der Waals surface area contributed by atoms with E-state index in [-0.39, 0.29) is 28.2 Å². The van der Waals surface area contributed by atoms with Crippen molar-refractivity contribution in [2.24, 2.45) is 0 Å². The quantitative estimate of drug-likeness (QED) is 0.571. The molecule has 0 saturated heterocycles. The van der Waals surface area contributed by atoms with Gasteiger partial charge in [-0.25, -0.2) is 9.59 Å². The lowest BCUT2D eigenvalue weighted by atomic mass is 10.1. The van der Waals surface area contributed by atoms with Gasteiger partial charge in [-0.1, -0.05) is 12.1 Å². The Hall–Kier alpha value is -3.42. The number of non-ortho nitro benzene ring substituents is 1. The number of para-hydroxylation sites is 1. The molecule has 0 amide bonds. The van der Waals surface area contributed by atoms with E-state index in [1.807, 2.05) is 0 Å². The summed E-state index contributed by atoms with van der Waals surface area (Å²) in [7, 11) is 0. The summed E-state index contributed by atoms with van der Waals surface area (Å²) in [5, 5.41) is 32.0. The van der Waals surface area contributed by atoms with Gasteiger partial charge in [-0.3, -0.25) is 10.1 Å². The van der Waals surface area contributed by atoms with Crippen molar-refractivity contribution in [1.82, 2.24) is 0 Å². The zero-order valence-electron chi connectivity index (χ0n) is 11.9. The number of aryl methyl sites for hydroxylation is 1. The minimum Gasteiger partial charge on any atom is -0.478 e. The first kappa shape index (κ1) is 16.0. The minimum absolute atomic E-state index is 0.0523. The van der Waals surface area contributed by atoms with Crippen molar-refractivity contribution < 1.29 is 24.7 Å². The molecule has 0 bridgehead atoms. The lowest BCUT2D eigenvalue weighted by Gasteiger charge is -2.14. The smallest absolute Gasteiger partial charge is 0.337 e. The molecule has 0 aliphatic carbocycles. The zero-order valence-corrected chi connectivity index (χ0v) is 11.9. The summed E-state index contributed by atoms with van der Waals surface area (Å²) in [6.07, 6.45) is 0. The number of nitrogens with one attached hydrogen (secondary N) is 1. The van der Waals surface area contributed by atoms with Crippen LogP contribution in [0.15, 0.2) is 36.4 Å². The molecule has 8 heteroatoms. The maximum Gasteiger partial charge on any atom is 0.337 e. The van der Waals surface area contributed by atoms with Crippen molar-refractivity contribution in [1.29, 1.82) is 0 Å². The highest BCUT2D eigenvalue weighted by atomic mass is 16.6. The summed E-state index contributed by atoms with van der Waals surface area (Å²) in [5.41, 5.74) is 0.130. The molecule has 8 nitrogen and oxygen atoms in total. The molecule has 0 aliphatic rings. The third-order valence-corrected chi connectivity index (χ3v) is 3.21. The molecule has 0 spiro atoms. The molecule has 2 rings (SSSR count). The molecular formula is C15H12N2O6. The van der Waals surface area contributed by atoms with Crippen molar-refractivity contribution in [3.8, 4) is 0 Å². The Morgan fingerprint density at radius 3 is 2.30 bits per heavy atom. The van der Waals surface area contributed by atoms with Gasteiger partial charge in [0.15, 0.2) is 0 Å². The monoisotopic (exact) mass is 316 g/mol. The average Bonchev–Trinajstić information content (AvgIpc) is 2.48. The number of carboxylic acid groups (broad SMARTS) is 2. The van der Waals surface area contributed by atoms with E-state index in [1.165, 1.54) is 6.07 Å². The van der Waals surface area contributed by atoms with Gasteiger partial charge < -0.3 is 15.5 Å². The fourth-order valence-corrected chi connectivity index (χ4v) is 2.08. The van der Waals surface area contributed by atoms with E-state index in [2.05, 4.69) is 5.32 Å². The SMILES string of the molecule is Cc1cccc(C(=O)O)c1Nc1cc([N+](=O)[O-])ccc1C(=O)O. The highest BCUT2D eigenvalue weighted by Crippen LogP contribution is 2.30. The van der Waals surface area contributed by atoms with Crippen LogP contribution in [-0.4, -0.2) is 27.1 Å². The number of aromatic carboxylic acids is 2. The number of hydrogen-bond donors (Lipinski definition) is 3. The van der Waals surface area contributed by atoms with E-state index in [4.69, 9.17) is 0 Å². The second-order valence-electron chi connectivity index (χ2n) is 4.72. The lowest BCUT2D eigenvalue weighted by molar-refractivity contribution is -0.384. The largest absolute Gasteiger partial charge is 0.478 e. The molecule has 0 radical (unpaired) electrons. The van der Waals surface area contributed by atoms with Gasteiger partial charge in [0.1, 0.15) is 0 Å². The predicted octanol–water partition coefficient (Wildman–Crippen LogP) is 3.04. The third-order valence-electron chi connectivity index (χ3n) is 3.21. The zero-order chi connectivity index (χ0) is 17.1. The Balaban J connectivity index is 2.60. The number of benzene rings is 2. The summed E-state index contributed by atoms with van der Waals surface area (Å²) < 4.78 is 0. The van der Waals surface area contributed by atoms with Crippen LogP contribution in [0.2, 0.25) is 0 Å². The summed E-state index contributed by atoms with van der Waals surface area (Å²) in [6.45, 7) is 1.65. The molecule has 2 aromatic carbocycles. The van der Waals surface area contributed by atoms with Crippen molar-refractivity contribution in [2.75, 3.05) is 5.32 Å². The fraction of sp³-hybridized carbons (Fsp3) is 0.0667. The highest BCUT2D eigenvalue weighted by Gasteiger charge is 2.18. The molecule has 3 N–H and O–H groups in total. The summed E-state index contributed by atoms with van der Waals surface area (Å²) in [6, 6.07) is 7.78. The third kappa shape index (κ3) is 3.26. The first-order chi connectivity index (χ1) is 10.8. The van der Waals surface area contributed by atoms with Gasteiger partial charge in [0, 0.05) is 12.1 Å². The normalized spacial score (nSPS) is 10.1. The summed E-state index contributed by atoms with van der Waals surface area (Å²) in [5.74, 6) is -2.48. The molecular weight excluding hydrogens is 304 g/mol. The van der Waals surface area contributed by atoms with Crippen LogP contribution in [0.5, 0.6) is 0 Å². The number of carbonyl (C=O) groups is 2. The van der Waals surface area contributed by atoms with Crippen LogP contribution in [-0.2, 0) is 0 Å². The number of anilines is 2. The molecule has 0 saturated carbocycles. The van der Waals surface area contributed by atoms with Gasteiger partial charge in [-0.2, -0.15) is 0 Å². The number of hydrogen-bond acceptors (Lipinski definition) is 5. The lowest BCUT2D eigenvalue weighted by Crippen LogP contribution is -2.08. The number of nitrogens with zero attached hydrogens (tertiary/aromatic N) is 1. The van der Waals surface area contributed by atoms with Gasteiger partial charge in [0.25, 0.3) is 5.69 Å². The fourth-order valence-electron chi connectivity index (χ4n) is 2.08. The van der Waals surface area contributed by atoms with Gasteiger partial charge in [-0.05, 0) is 24.6 Å². The van der Waals surface area contributed by atoms with E-state index in [9.17, 15) is 29.9 Å². The molecule has 0 aromatic heterocycles. The standard InChI is InChI=1S/C15H12N2O6/c1-8-3-2-4-11(15(20)21)13(8)16-12-7-9(17(22)23)5-6-10(12)14(18)19/h2-7,16H,1H3,(H,18,19)(H,20,21). The van der Waals surface area contributed by atoms with Crippen molar-refractivity contribution in [3.63, 3.8) is 0 Å². The maximum atomic E-state index is 11.3. The van der Waals surface area contributed by atoms with E-state index in [0.717, 1.165) is 18.2 Å². The molecule has 2 aromatic rings. The molecule has 0 unspecified atom stereocenters. The summed E-state index contributed by atoms with van der Waals surface area (Å²) in [4.78, 5) is 32.8. The maximum absolute atomic E-state index is 11.3.